The van der Waals surface area contributed by atoms with E-state index in [4.69, 9.17) is 10.8 Å². The SMILES string of the molecule is Cc1cc(-c2cccc(CN)c2)ccc1CN1CCN(C(=O)O)CC1. The molecular formula is C20H25N3O2. The molecule has 1 aliphatic heterocycles. The average molecular weight is 339 g/mol. The minimum absolute atomic E-state index is 0.549. The van der Waals surface area contributed by atoms with Gasteiger partial charge in [-0.3, -0.25) is 4.90 Å². The van der Waals surface area contributed by atoms with Gasteiger partial charge < -0.3 is 15.7 Å². The normalized spacial score (nSPS) is 15.4. The molecule has 25 heavy (non-hydrogen) atoms. The van der Waals surface area contributed by atoms with E-state index in [2.05, 4.69) is 42.2 Å². The summed E-state index contributed by atoms with van der Waals surface area (Å²) < 4.78 is 0. The molecule has 0 aliphatic carbocycles. The van der Waals surface area contributed by atoms with Gasteiger partial charge in [0.1, 0.15) is 0 Å². The van der Waals surface area contributed by atoms with Crippen LogP contribution in [-0.2, 0) is 13.1 Å². The van der Waals surface area contributed by atoms with E-state index in [1.807, 2.05) is 12.1 Å². The van der Waals surface area contributed by atoms with Crippen molar-refractivity contribution < 1.29 is 9.90 Å². The Morgan fingerprint density at radius 3 is 2.44 bits per heavy atom. The Kier molecular flexibility index (Phi) is 5.36. The summed E-state index contributed by atoms with van der Waals surface area (Å²) >= 11 is 0. The summed E-state index contributed by atoms with van der Waals surface area (Å²) in [6.07, 6.45) is -0.820. The second-order valence-corrected chi connectivity index (χ2v) is 6.59. The van der Waals surface area contributed by atoms with Crippen molar-refractivity contribution in [1.82, 2.24) is 9.80 Å². The van der Waals surface area contributed by atoms with Crippen LogP contribution in [0.2, 0.25) is 0 Å². The van der Waals surface area contributed by atoms with E-state index in [9.17, 15) is 4.79 Å². The highest BCUT2D eigenvalue weighted by molar-refractivity contribution is 5.66. The molecule has 0 atom stereocenters. The van der Waals surface area contributed by atoms with Crippen LogP contribution < -0.4 is 5.73 Å². The van der Waals surface area contributed by atoms with Gasteiger partial charge in [0.25, 0.3) is 0 Å². The van der Waals surface area contributed by atoms with Crippen LogP contribution in [-0.4, -0.2) is 47.2 Å². The summed E-state index contributed by atoms with van der Waals surface area (Å²) in [5, 5.41) is 9.03. The number of carboxylic acid groups (broad SMARTS) is 1. The van der Waals surface area contributed by atoms with Crippen molar-refractivity contribution in [2.75, 3.05) is 26.2 Å². The van der Waals surface area contributed by atoms with Crippen LogP contribution in [0.4, 0.5) is 4.79 Å². The Morgan fingerprint density at radius 2 is 1.80 bits per heavy atom. The number of carbonyl (C=O) groups is 1. The molecule has 1 saturated heterocycles. The Bertz CT molecular complexity index is 752. The molecule has 1 aliphatic rings. The molecule has 1 amide bonds. The number of piperazine rings is 1. The zero-order chi connectivity index (χ0) is 17.8. The van der Waals surface area contributed by atoms with E-state index < -0.39 is 6.09 Å². The molecule has 2 aromatic carbocycles. The summed E-state index contributed by atoms with van der Waals surface area (Å²) in [4.78, 5) is 14.8. The van der Waals surface area contributed by atoms with Gasteiger partial charge in [-0.2, -0.15) is 0 Å². The minimum Gasteiger partial charge on any atom is -0.465 e. The number of nitrogens with two attached hydrogens (primary N) is 1. The lowest BCUT2D eigenvalue weighted by molar-refractivity contribution is 0.103. The maximum Gasteiger partial charge on any atom is 0.407 e. The molecule has 3 N–H and O–H groups in total. The molecule has 0 spiro atoms. The van der Waals surface area contributed by atoms with Crippen LogP contribution in [0.1, 0.15) is 16.7 Å². The van der Waals surface area contributed by atoms with Crippen LogP contribution in [0.5, 0.6) is 0 Å². The van der Waals surface area contributed by atoms with E-state index in [0.717, 1.165) is 25.2 Å². The predicted octanol–water partition coefficient (Wildman–Crippen LogP) is 2.92. The number of hydrogen-bond donors (Lipinski definition) is 2. The standard InChI is InChI=1S/C20H25N3O2/c1-15-11-18(17-4-2-3-16(12-17)13-21)5-6-19(15)14-22-7-9-23(10-8-22)20(24)25/h2-6,11-12H,7-10,13-14,21H2,1H3,(H,24,25). The fourth-order valence-corrected chi connectivity index (χ4v) is 3.27. The molecule has 0 saturated carbocycles. The number of amides is 1. The first-order chi connectivity index (χ1) is 12.1. The number of nitrogens with zero attached hydrogens (tertiary/aromatic N) is 2. The summed E-state index contributed by atoms with van der Waals surface area (Å²) in [6.45, 7) is 6.28. The van der Waals surface area contributed by atoms with E-state index in [1.165, 1.54) is 27.2 Å². The van der Waals surface area contributed by atoms with E-state index in [0.29, 0.717) is 19.6 Å². The van der Waals surface area contributed by atoms with Gasteiger partial charge in [-0.1, -0.05) is 36.4 Å². The summed E-state index contributed by atoms with van der Waals surface area (Å²) in [6, 6.07) is 14.9. The topological polar surface area (TPSA) is 69.8 Å². The third-order valence-electron chi connectivity index (χ3n) is 4.88. The van der Waals surface area contributed by atoms with Gasteiger partial charge in [0.2, 0.25) is 0 Å². The second kappa shape index (κ2) is 7.68. The highest BCUT2D eigenvalue weighted by Gasteiger charge is 2.20. The van der Waals surface area contributed by atoms with Gasteiger partial charge in [0, 0.05) is 39.3 Å². The zero-order valence-corrected chi connectivity index (χ0v) is 14.6. The summed E-state index contributed by atoms with van der Waals surface area (Å²) in [7, 11) is 0. The molecule has 3 rings (SSSR count). The van der Waals surface area contributed by atoms with Gasteiger partial charge in [-0.05, 0) is 40.8 Å². The van der Waals surface area contributed by atoms with E-state index in [1.54, 1.807) is 0 Å². The molecule has 0 aromatic heterocycles. The first kappa shape index (κ1) is 17.5. The Labute approximate surface area is 148 Å². The van der Waals surface area contributed by atoms with Crippen LogP contribution in [0.25, 0.3) is 11.1 Å². The molecule has 132 valence electrons. The predicted molar refractivity (Wildman–Crippen MR) is 99.4 cm³/mol. The van der Waals surface area contributed by atoms with Crippen molar-refractivity contribution in [2.24, 2.45) is 5.73 Å². The Balaban J connectivity index is 1.69. The van der Waals surface area contributed by atoms with Crippen molar-refractivity contribution in [3.8, 4) is 11.1 Å². The van der Waals surface area contributed by atoms with Crippen LogP contribution >= 0.6 is 0 Å². The van der Waals surface area contributed by atoms with E-state index in [-0.39, 0.29) is 0 Å². The number of benzene rings is 2. The highest BCUT2D eigenvalue weighted by Crippen LogP contribution is 2.24. The molecule has 1 fully saturated rings. The van der Waals surface area contributed by atoms with Crippen molar-refractivity contribution in [2.45, 2.75) is 20.0 Å². The molecule has 0 radical (unpaired) electrons. The molecule has 2 aromatic rings. The highest BCUT2D eigenvalue weighted by atomic mass is 16.4. The lowest BCUT2D eigenvalue weighted by Gasteiger charge is -2.33. The van der Waals surface area contributed by atoms with Crippen molar-refractivity contribution in [1.29, 1.82) is 0 Å². The Morgan fingerprint density at radius 1 is 1.08 bits per heavy atom. The molecule has 1 heterocycles. The van der Waals surface area contributed by atoms with Crippen LogP contribution in [0.3, 0.4) is 0 Å². The van der Waals surface area contributed by atoms with Gasteiger partial charge >= 0.3 is 6.09 Å². The fourth-order valence-electron chi connectivity index (χ4n) is 3.27. The maximum absolute atomic E-state index is 11.0. The Hall–Kier alpha value is -2.37. The number of rotatable bonds is 4. The number of aryl methyl sites for hydroxylation is 1. The maximum atomic E-state index is 11.0. The van der Waals surface area contributed by atoms with Gasteiger partial charge in [0.05, 0.1) is 0 Å². The molecule has 5 heteroatoms. The van der Waals surface area contributed by atoms with Gasteiger partial charge in [-0.15, -0.1) is 0 Å². The fraction of sp³-hybridized carbons (Fsp3) is 0.350. The zero-order valence-electron chi connectivity index (χ0n) is 14.6. The first-order valence-electron chi connectivity index (χ1n) is 8.66. The van der Waals surface area contributed by atoms with Crippen LogP contribution in [0, 0.1) is 6.92 Å². The first-order valence-corrected chi connectivity index (χ1v) is 8.66. The largest absolute Gasteiger partial charge is 0.465 e. The van der Waals surface area contributed by atoms with E-state index >= 15 is 0 Å². The lowest BCUT2D eigenvalue weighted by atomic mass is 9.98. The minimum atomic E-state index is -0.820. The summed E-state index contributed by atoms with van der Waals surface area (Å²) in [5.74, 6) is 0. The second-order valence-electron chi connectivity index (χ2n) is 6.59. The average Bonchev–Trinajstić information content (AvgIpc) is 2.64. The molecule has 0 unspecified atom stereocenters. The smallest absolute Gasteiger partial charge is 0.407 e. The van der Waals surface area contributed by atoms with Gasteiger partial charge in [0.15, 0.2) is 0 Å². The van der Waals surface area contributed by atoms with Crippen LogP contribution in [0.15, 0.2) is 42.5 Å². The van der Waals surface area contributed by atoms with Gasteiger partial charge in [-0.25, -0.2) is 4.79 Å². The third kappa shape index (κ3) is 4.18. The van der Waals surface area contributed by atoms with Crippen molar-refractivity contribution >= 4 is 6.09 Å². The van der Waals surface area contributed by atoms with Crippen molar-refractivity contribution in [3.63, 3.8) is 0 Å². The molecule has 5 nitrogen and oxygen atoms in total. The molecule has 0 bridgehead atoms. The number of hydrogen-bond acceptors (Lipinski definition) is 3. The summed E-state index contributed by atoms with van der Waals surface area (Å²) in [5.41, 5.74) is 11.8. The lowest BCUT2D eigenvalue weighted by Crippen LogP contribution is -2.47. The molecular weight excluding hydrogens is 314 g/mol. The monoisotopic (exact) mass is 339 g/mol. The third-order valence-corrected chi connectivity index (χ3v) is 4.88. The quantitative estimate of drug-likeness (QED) is 0.898. The van der Waals surface area contributed by atoms with Crippen molar-refractivity contribution in [3.05, 3.63) is 59.2 Å².